The molecule has 4 nitrogen and oxygen atoms in total. The van der Waals surface area contributed by atoms with Crippen LogP contribution in [0, 0.1) is 5.82 Å². The molecule has 0 aromatic heterocycles. The molecule has 0 heterocycles. The van der Waals surface area contributed by atoms with E-state index in [0.29, 0.717) is 30.2 Å². The summed E-state index contributed by atoms with van der Waals surface area (Å²) in [4.78, 5) is 12.4. The zero-order chi connectivity index (χ0) is 19.1. The van der Waals surface area contributed by atoms with Crippen molar-refractivity contribution in [2.24, 2.45) is 0 Å². The van der Waals surface area contributed by atoms with Gasteiger partial charge in [-0.2, -0.15) is 0 Å². The molecule has 27 heavy (non-hydrogen) atoms. The standard InChI is InChI=1S/C22H20FNO3/c1-26-21-13-18(22(25)24-14-16-7-10-19(23)11-8-16)9-12-20(21)27-15-17-5-3-2-4-6-17/h2-13H,14-15H2,1H3,(H,24,25). The van der Waals surface area contributed by atoms with Crippen LogP contribution in [0.5, 0.6) is 11.5 Å². The van der Waals surface area contributed by atoms with Gasteiger partial charge in [-0.1, -0.05) is 42.5 Å². The van der Waals surface area contributed by atoms with Gasteiger partial charge in [0.15, 0.2) is 11.5 Å². The van der Waals surface area contributed by atoms with Gasteiger partial charge in [0, 0.05) is 12.1 Å². The minimum atomic E-state index is -0.305. The lowest BCUT2D eigenvalue weighted by atomic mass is 10.1. The molecule has 0 fully saturated rings. The minimum absolute atomic E-state index is 0.243. The van der Waals surface area contributed by atoms with Gasteiger partial charge >= 0.3 is 0 Å². The average Bonchev–Trinajstić information content (AvgIpc) is 2.72. The van der Waals surface area contributed by atoms with Crippen LogP contribution in [-0.2, 0) is 13.2 Å². The molecule has 0 aliphatic rings. The number of halogens is 1. The highest BCUT2D eigenvalue weighted by atomic mass is 19.1. The average molecular weight is 365 g/mol. The number of hydrogen-bond acceptors (Lipinski definition) is 3. The van der Waals surface area contributed by atoms with Crippen molar-refractivity contribution in [1.29, 1.82) is 0 Å². The van der Waals surface area contributed by atoms with Crippen molar-refractivity contribution in [2.45, 2.75) is 13.2 Å². The molecule has 3 rings (SSSR count). The zero-order valence-corrected chi connectivity index (χ0v) is 14.9. The summed E-state index contributed by atoms with van der Waals surface area (Å²) in [7, 11) is 1.53. The molecule has 0 atom stereocenters. The zero-order valence-electron chi connectivity index (χ0n) is 14.9. The summed E-state index contributed by atoms with van der Waals surface area (Å²) in [5, 5.41) is 2.81. The van der Waals surface area contributed by atoms with E-state index in [9.17, 15) is 9.18 Å². The van der Waals surface area contributed by atoms with E-state index in [4.69, 9.17) is 9.47 Å². The molecule has 0 spiro atoms. The first-order valence-electron chi connectivity index (χ1n) is 8.53. The van der Waals surface area contributed by atoms with E-state index in [2.05, 4.69) is 5.32 Å². The second kappa shape index (κ2) is 8.85. The molecule has 1 amide bonds. The Kier molecular flexibility index (Phi) is 6.05. The summed E-state index contributed by atoms with van der Waals surface area (Å²) in [6.45, 7) is 0.723. The molecule has 3 aromatic rings. The van der Waals surface area contributed by atoms with Crippen molar-refractivity contribution in [2.75, 3.05) is 7.11 Å². The van der Waals surface area contributed by atoms with Gasteiger partial charge in [-0.25, -0.2) is 4.39 Å². The third-order valence-corrected chi connectivity index (χ3v) is 4.03. The molecule has 0 bridgehead atoms. The topological polar surface area (TPSA) is 47.6 Å². The van der Waals surface area contributed by atoms with Gasteiger partial charge in [0.05, 0.1) is 7.11 Å². The quantitative estimate of drug-likeness (QED) is 0.677. The molecule has 138 valence electrons. The highest BCUT2D eigenvalue weighted by molar-refractivity contribution is 5.94. The summed E-state index contributed by atoms with van der Waals surface area (Å²) in [6.07, 6.45) is 0. The molecule has 0 saturated carbocycles. The van der Waals surface area contributed by atoms with Crippen LogP contribution in [0.2, 0.25) is 0 Å². The third-order valence-electron chi connectivity index (χ3n) is 4.03. The lowest BCUT2D eigenvalue weighted by molar-refractivity contribution is 0.0950. The van der Waals surface area contributed by atoms with Gasteiger partial charge in [-0.3, -0.25) is 4.79 Å². The number of amides is 1. The van der Waals surface area contributed by atoms with Gasteiger partial charge in [-0.05, 0) is 41.5 Å². The summed E-state index contributed by atoms with van der Waals surface area (Å²) >= 11 is 0. The molecule has 0 radical (unpaired) electrons. The van der Waals surface area contributed by atoms with Crippen molar-refractivity contribution in [3.63, 3.8) is 0 Å². The monoisotopic (exact) mass is 365 g/mol. The van der Waals surface area contributed by atoms with E-state index in [1.54, 1.807) is 30.3 Å². The molecule has 0 aliphatic carbocycles. The highest BCUT2D eigenvalue weighted by Crippen LogP contribution is 2.29. The van der Waals surface area contributed by atoms with Gasteiger partial charge in [0.25, 0.3) is 5.91 Å². The molecule has 3 aromatic carbocycles. The first-order valence-corrected chi connectivity index (χ1v) is 8.53. The Bertz CT molecular complexity index is 895. The summed E-state index contributed by atoms with van der Waals surface area (Å²) < 4.78 is 24.1. The fourth-order valence-electron chi connectivity index (χ4n) is 2.55. The minimum Gasteiger partial charge on any atom is -0.493 e. The van der Waals surface area contributed by atoms with Crippen molar-refractivity contribution >= 4 is 5.91 Å². The molecule has 0 unspecified atom stereocenters. The van der Waals surface area contributed by atoms with Crippen molar-refractivity contribution in [3.8, 4) is 11.5 Å². The summed E-state index contributed by atoms with van der Waals surface area (Å²) in [6, 6.07) is 20.8. The molecule has 1 N–H and O–H groups in total. The Morgan fingerprint density at radius 3 is 2.37 bits per heavy atom. The maximum Gasteiger partial charge on any atom is 0.251 e. The van der Waals surface area contributed by atoms with Gasteiger partial charge < -0.3 is 14.8 Å². The molecular weight excluding hydrogens is 345 g/mol. The second-order valence-corrected chi connectivity index (χ2v) is 5.95. The van der Waals surface area contributed by atoms with Crippen molar-refractivity contribution in [3.05, 3.63) is 95.3 Å². The first kappa shape index (κ1) is 18.5. The molecular formula is C22H20FNO3. The Labute approximate surface area is 157 Å². The Hall–Kier alpha value is -3.34. The van der Waals surface area contributed by atoms with Crippen LogP contribution < -0.4 is 14.8 Å². The second-order valence-electron chi connectivity index (χ2n) is 5.95. The van der Waals surface area contributed by atoms with Crippen LogP contribution in [0.4, 0.5) is 4.39 Å². The van der Waals surface area contributed by atoms with E-state index < -0.39 is 0 Å². The van der Waals surface area contributed by atoms with E-state index in [-0.39, 0.29) is 11.7 Å². The predicted molar refractivity (Wildman–Crippen MR) is 101 cm³/mol. The van der Waals surface area contributed by atoms with Crippen LogP contribution in [0.15, 0.2) is 72.8 Å². The molecule has 0 saturated heterocycles. The summed E-state index contributed by atoms with van der Waals surface area (Å²) in [5.41, 5.74) is 2.32. The molecule has 0 aliphatic heterocycles. The SMILES string of the molecule is COc1cc(C(=O)NCc2ccc(F)cc2)ccc1OCc1ccccc1. The van der Waals surface area contributed by atoms with Crippen LogP contribution in [0.1, 0.15) is 21.5 Å². The Balaban J connectivity index is 1.63. The largest absolute Gasteiger partial charge is 0.493 e. The number of benzene rings is 3. The third kappa shape index (κ3) is 5.07. The number of methoxy groups -OCH3 is 1. The van der Waals surface area contributed by atoms with E-state index in [1.165, 1.54) is 19.2 Å². The lowest BCUT2D eigenvalue weighted by Gasteiger charge is -2.12. The van der Waals surface area contributed by atoms with Crippen LogP contribution in [0.3, 0.4) is 0 Å². The van der Waals surface area contributed by atoms with Gasteiger partial charge in [0.1, 0.15) is 12.4 Å². The Morgan fingerprint density at radius 2 is 1.67 bits per heavy atom. The number of hydrogen-bond donors (Lipinski definition) is 1. The fraction of sp³-hybridized carbons (Fsp3) is 0.136. The predicted octanol–water partition coefficient (Wildman–Crippen LogP) is 4.34. The van der Waals surface area contributed by atoms with Gasteiger partial charge in [0.2, 0.25) is 0 Å². The lowest BCUT2D eigenvalue weighted by Crippen LogP contribution is -2.22. The van der Waals surface area contributed by atoms with E-state index in [1.807, 2.05) is 30.3 Å². The number of rotatable bonds is 7. The van der Waals surface area contributed by atoms with Crippen LogP contribution in [-0.4, -0.2) is 13.0 Å². The highest BCUT2D eigenvalue weighted by Gasteiger charge is 2.11. The smallest absolute Gasteiger partial charge is 0.251 e. The normalized spacial score (nSPS) is 10.3. The van der Waals surface area contributed by atoms with Crippen LogP contribution >= 0.6 is 0 Å². The first-order chi connectivity index (χ1) is 13.2. The Morgan fingerprint density at radius 1 is 0.926 bits per heavy atom. The van der Waals surface area contributed by atoms with E-state index in [0.717, 1.165) is 11.1 Å². The van der Waals surface area contributed by atoms with Crippen molar-refractivity contribution < 1.29 is 18.7 Å². The summed E-state index contributed by atoms with van der Waals surface area (Å²) in [5.74, 6) is 0.505. The van der Waals surface area contributed by atoms with Gasteiger partial charge in [-0.15, -0.1) is 0 Å². The number of ether oxygens (including phenoxy) is 2. The number of nitrogens with one attached hydrogen (secondary N) is 1. The van der Waals surface area contributed by atoms with E-state index >= 15 is 0 Å². The number of carbonyl (C=O) groups excluding carboxylic acids is 1. The van der Waals surface area contributed by atoms with Crippen LogP contribution in [0.25, 0.3) is 0 Å². The number of carbonyl (C=O) groups is 1. The fourth-order valence-corrected chi connectivity index (χ4v) is 2.55. The van der Waals surface area contributed by atoms with Crippen molar-refractivity contribution in [1.82, 2.24) is 5.32 Å². The maximum absolute atomic E-state index is 12.9. The maximum atomic E-state index is 12.9. The molecule has 5 heteroatoms.